The maximum atomic E-state index is 12.8. The minimum atomic E-state index is -0.402. The number of nitrogens with zero attached hydrogens (tertiary/aromatic N) is 6. The number of anilines is 3. The Morgan fingerprint density at radius 1 is 1.07 bits per heavy atom. The number of benzene rings is 1. The largest absolute Gasteiger partial charge is 0.368 e. The van der Waals surface area contributed by atoms with E-state index in [4.69, 9.17) is 9.51 Å². The Kier molecular flexibility index (Phi) is 9.98. The highest BCUT2D eigenvalue weighted by atomic mass is 35.5. The lowest BCUT2D eigenvalue weighted by molar-refractivity contribution is 0.0895. The van der Waals surface area contributed by atoms with Crippen LogP contribution in [0.2, 0.25) is 0 Å². The molecular formula is C31H40ClN9O2. The second-order valence-corrected chi connectivity index (χ2v) is 11.6. The van der Waals surface area contributed by atoms with E-state index in [2.05, 4.69) is 60.0 Å². The summed E-state index contributed by atoms with van der Waals surface area (Å²) >= 11 is 0. The molecule has 0 saturated carbocycles. The van der Waals surface area contributed by atoms with Crippen LogP contribution in [-0.2, 0) is 11.8 Å². The molecule has 3 N–H and O–H groups in total. The molecule has 1 aromatic carbocycles. The van der Waals surface area contributed by atoms with Crippen molar-refractivity contribution in [1.29, 1.82) is 0 Å². The van der Waals surface area contributed by atoms with Gasteiger partial charge in [0.25, 0.3) is 0 Å². The summed E-state index contributed by atoms with van der Waals surface area (Å²) in [4.78, 5) is 33.2. The standard InChI is InChI=1S/C31H39N9O2.ClH/c1-7-23-25(40-14-12-32-13-15-40)10-11-26(36-23)37-27-17-24(33-18-34-27)21-8-9-22(19(2)16-21)20(3)35-28(41)29-38-30(39-42-29)31(4,5)6;/h8-11,16-18,20,32H,7,12-15H2,1-6H3,(H,35,41)(H,33,34,36,37);1H/t20-;/m1./s1. The fourth-order valence-electron chi connectivity index (χ4n) is 5.01. The molecule has 11 nitrogen and oxygen atoms in total. The topological polar surface area (TPSA) is 134 Å². The molecule has 0 spiro atoms. The molecule has 1 aliphatic rings. The van der Waals surface area contributed by atoms with Crippen LogP contribution in [0.15, 0.2) is 47.2 Å². The molecule has 228 valence electrons. The Morgan fingerprint density at radius 2 is 1.84 bits per heavy atom. The van der Waals surface area contributed by atoms with Gasteiger partial charge >= 0.3 is 11.8 Å². The maximum absolute atomic E-state index is 12.8. The van der Waals surface area contributed by atoms with Crippen LogP contribution in [0.3, 0.4) is 0 Å². The molecule has 0 unspecified atom stereocenters. The van der Waals surface area contributed by atoms with E-state index in [1.807, 2.05) is 58.9 Å². The summed E-state index contributed by atoms with van der Waals surface area (Å²) in [6.45, 7) is 15.9. The van der Waals surface area contributed by atoms with Crippen molar-refractivity contribution in [2.45, 2.75) is 59.4 Å². The van der Waals surface area contributed by atoms with Crippen molar-refractivity contribution in [3.05, 3.63) is 71.3 Å². The van der Waals surface area contributed by atoms with Crippen molar-refractivity contribution in [3.63, 3.8) is 0 Å². The zero-order valence-corrected chi connectivity index (χ0v) is 26.4. The van der Waals surface area contributed by atoms with E-state index in [1.165, 1.54) is 5.69 Å². The SMILES string of the molecule is CCc1nc(Nc2cc(-c3ccc([C@@H](C)NC(=O)c4nc(C(C)(C)C)no4)c(C)c3)ncn2)ccc1N1CCNCC1.Cl. The molecule has 1 saturated heterocycles. The average Bonchev–Trinajstić information content (AvgIpc) is 3.49. The summed E-state index contributed by atoms with van der Waals surface area (Å²) < 4.78 is 5.19. The second-order valence-electron chi connectivity index (χ2n) is 11.6. The number of rotatable bonds is 8. The third-order valence-corrected chi connectivity index (χ3v) is 7.34. The molecule has 4 heterocycles. The van der Waals surface area contributed by atoms with E-state index in [-0.39, 0.29) is 29.8 Å². The Bertz CT molecular complexity index is 1560. The van der Waals surface area contributed by atoms with Crippen molar-refractivity contribution in [2.75, 3.05) is 36.4 Å². The van der Waals surface area contributed by atoms with E-state index in [0.29, 0.717) is 11.6 Å². The molecule has 12 heteroatoms. The summed E-state index contributed by atoms with van der Waals surface area (Å²) in [6, 6.07) is 11.9. The van der Waals surface area contributed by atoms with Crippen LogP contribution in [-0.4, -0.2) is 57.2 Å². The number of amides is 1. The number of halogens is 1. The number of hydrogen-bond donors (Lipinski definition) is 3. The molecule has 1 fully saturated rings. The van der Waals surface area contributed by atoms with Gasteiger partial charge in [-0.3, -0.25) is 4.79 Å². The average molecular weight is 606 g/mol. The first-order valence-electron chi connectivity index (χ1n) is 14.4. The van der Waals surface area contributed by atoms with Gasteiger partial charge in [0.1, 0.15) is 18.0 Å². The predicted octanol–water partition coefficient (Wildman–Crippen LogP) is 5.16. The van der Waals surface area contributed by atoms with Gasteiger partial charge in [-0.2, -0.15) is 4.98 Å². The molecule has 5 rings (SSSR count). The molecule has 1 amide bonds. The van der Waals surface area contributed by atoms with Crippen LogP contribution in [0.25, 0.3) is 11.3 Å². The molecule has 1 atom stereocenters. The summed E-state index contributed by atoms with van der Waals surface area (Å²) in [6.07, 6.45) is 2.40. The Balaban J connectivity index is 0.00000423. The van der Waals surface area contributed by atoms with Crippen LogP contribution >= 0.6 is 12.4 Å². The molecule has 43 heavy (non-hydrogen) atoms. The van der Waals surface area contributed by atoms with Gasteiger partial charge < -0.3 is 25.4 Å². The zero-order chi connectivity index (χ0) is 29.9. The van der Waals surface area contributed by atoms with E-state index < -0.39 is 5.91 Å². The minimum absolute atomic E-state index is 0. The molecule has 3 aromatic heterocycles. The Labute approximate surface area is 258 Å². The first kappa shape index (κ1) is 31.8. The zero-order valence-electron chi connectivity index (χ0n) is 25.6. The highest BCUT2D eigenvalue weighted by molar-refractivity contribution is 5.89. The van der Waals surface area contributed by atoms with Gasteiger partial charge in [0.2, 0.25) is 0 Å². The Hall–Kier alpha value is -4.09. The number of carbonyl (C=O) groups excluding carboxylic acids is 1. The fourth-order valence-corrected chi connectivity index (χ4v) is 5.01. The van der Waals surface area contributed by atoms with Crippen LogP contribution in [0.5, 0.6) is 0 Å². The van der Waals surface area contributed by atoms with Crippen molar-refractivity contribution in [3.8, 4) is 11.3 Å². The molecule has 0 radical (unpaired) electrons. The van der Waals surface area contributed by atoms with Crippen LogP contribution in [0, 0.1) is 6.92 Å². The first-order valence-corrected chi connectivity index (χ1v) is 14.4. The summed E-state index contributed by atoms with van der Waals surface area (Å²) in [7, 11) is 0. The van der Waals surface area contributed by atoms with Crippen LogP contribution in [0.4, 0.5) is 17.3 Å². The smallest absolute Gasteiger partial charge is 0.315 e. The van der Waals surface area contributed by atoms with Gasteiger partial charge in [-0.15, -0.1) is 12.4 Å². The first-order chi connectivity index (χ1) is 20.1. The second kappa shape index (κ2) is 13.5. The lowest BCUT2D eigenvalue weighted by atomic mass is 9.96. The van der Waals surface area contributed by atoms with Crippen LogP contribution in [0.1, 0.15) is 74.0 Å². The molecular weight excluding hydrogens is 566 g/mol. The van der Waals surface area contributed by atoms with E-state index in [0.717, 1.165) is 66.5 Å². The summed E-state index contributed by atoms with van der Waals surface area (Å²) in [5.41, 5.74) is 5.69. The maximum Gasteiger partial charge on any atom is 0.315 e. The molecule has 0 bridgehead atoms. The van der Waals surface area contributed by atoms with Crippen molar-refractivity contribution >= 4 is 35.6 Å². The van der Waals surface area contributed by atoms with Gasteiger partial charge in [-0.05, 0) is 49.6 Å². The number of aromatic nitrogens is 5. The number of carbonyl (C=O) groups is 1. The summed E-state index contributed by atoms with van der Waals surface area (Å²) in [5.74, 6) is 1.47. The van der Waals surface area contributed by atoms with E-state index >= 15 is 0 Å². The molecule has 1 aliphatic heterocycles. The van der Waals surface area contributed by atoms with Gasteiger partial charge in [-0.25, -0.2) is 15.0 Å². The van der Waals surface area contributed by atoms with Crippen molar-refractivity contribution < 1.29 is 9.32 Å². The fraction of sp³-hybridized carbons (Fsp3) is 0.419. The third kappa shape index (κ3) is 7.47. The third-order valence-electron chi connectivity index (χ3n) is 7.34. The van der Waals surface area contributed by atoms with Crippen molar-refractivity contribution in [1.82, 2.24) is 35.7 Å². The summed E-state index contributed by atoms with van der Waals surface area (Å²) in [5, 5.41) is 13.7. The highest BCUT2D eigenvalue weighted by Crippen LogP contribution is 2.28. The predicted molar refractivity (Wildman–Crippen MR) is 170 cm³/mol. The quantitative estimate of drug-likeness (QED) is 0.247. The lowest BCUT2D eigenvalue weighted by Crippen LogP contribution is -2.44. The van der Waals surface area contributed by atoms with E-state index in [9.17, 15) is 4.79 Å². The van der Waals surface area contributed by atoms with Crippen LogP contribution < -0.4 is 20.9 Å². The number of hydrogen-bond acceptors (Lipinski definition) is 10. The highest BCUT2D eigenvalue weighted by Gasteiger charge is 2.25. The van der Waals surface area contributed by atoms with Gasteiger partial charge in [0, 0.05) is 43.2 Å². The number of piperazine rings is 1. The number of aryl methyl sites for hydroxylation is 2. The lowest BCUT2D eigenvalue weighted by Gasteiger charge is -2.30. The molecule has 0 aliphatic carbocycles. The monoisotopic (exact) mass is 605 g/mol. The Morgan fingerprint density at radius 3 is 2.51 bits per heavy atom. The van der Waals surface area contributed by atoms with E-state index in [1.54, 1.807) is 6.33 Å². The van der Waals surface area contributed by atoms with Gasteiger partial charge in [0.15, 0.2) is 5.82 Å². The molecule has 4 aromatic rings. The minimum Gasteiger partial charge on any atom is -0.368 e. The van der Waals surface area contributed by atoms with Gasteiger partial charge in [0.05, 0.1) is 23.1 Å². The van der Waals surface area contributed by atoms with Crippen molar-refractivity contribution in [2.24, 2.45) is 0 Å². The number of nitrogens with one attached hydrogen (secondary N) is 3. The normalized spacial score (nSPS) is 14.1. The van der Waals surface area contributed by atoms with Gasteiger partial charge in [-0.1, -0.05) is 45.0 Å². The number of pyridine rings is 1.